The SMILES string of the molecule is Cc1ccc2nc(CCCl)n(CC(=O)NCC(C)C)c2c1. The first-order valence-corrected chi connectivity index (χ1v) is 7.83. The van der Waals surface area contributed by atoms with Gasteiger partial charge in [0.2, 0.25) is 5.91 Å². The van der Waals surface area contributed by atoms with Crippen molar-refractivity contribution in [2.24, 2.45) is 5.92 Å². The second kappa shape index (κ2) is 6.94. The molecule has 0 saturated carbocycles. The monoisotopic (exact) mass is 307 g/mol. The van der Waals surface area contributed by atoms with Gasteiger partial charge in [0, 0.05) is 18.8 Å². The second-order valence-corrected chi connectivity index (χ2v) is 6.12. The Morgan fingerprint density at radius 1 is 1.43 bits per heavy atom. The van der Waals surface area contributed by atoms with Gasteiger partial charge in [0.05, 0.1) is 11.0 Å². The molecule has 0 atom stereocenters. The number of rotatable bonds is 6. The molecule has 1 aromatic heterocycles. The van der Waals surface area contributed by atoms with Gasteiger partial charge in [0.15, 0.2) is 0 Å². The summed E-state index contributed by atoms with van der Waals surface area (Å²) in [6, 6.07) is 6.09. The summed E-state index contributed by atoms with van der Waals surface area (Å²) in [5, 5.41) is 2.95. The van der Waals surface area contributed by atoms with E-state index >= 15 is 0 Å². The minimum absolute atomic E-state index is 0.0142. The van der Waals surface area contributed by atoms with Crippen molar-refractivity contribution in [2.45, 2.75) is 33.7 Å². The van der Waals surface area contributed by atoms with Gasteiger partial charge in [0.1, 0.15) is 12.4 Å². The van der Waals surface area contributed by atoms with E-state index in [0.717, 1.165) is 22.4 Å². The largest absolute Gasteiger partial charge is 0.354 e. The molecule has 0 radical (unpaired) electrons. The van der Waals surface area contributed by atoms with Crippen molar-refractivity contribution in [3.63, 3.8) is 0 Å². The number of carbonyl (C=O) groups excluding carboxylic acids is 1. The highest BCUT2D eigenvalue weighted by atomic mass is 35.5. The highest BCUT2D eigenvalue weighted by Gasteiger charge is 2.13. The van der Waals surface area contributed by atoms with E-state index in [1.807, 2.05) is 23.6 Å². The van der Waals surface area contributed by atoms with Gasteiger partial charge in [-0.25, -0.2) is 4.98 Å². The minimum atomic E-state index is 0.0142. The Bertz CT molecular complexity index is 634. The van der Waals surface area contributed by atoms with Crippen LogP contribution in [0.3, 0.4) is 0 Å². The lowest BCUT2D eigenvalue weighted by Crippen LogP contribution is -2.31. The van der Waals surface area contributed by atoms with Crippen molar-refractivity contribution < 1.29 is 4.79 Å². The van der Waals surface area contributed by atoms with Gasteiger partial charge in [-0.2, -0.15) is 0 Å². The predicted molar refractivity (Wildman–Crippen MR) is 86.7 cm³/mol. The molecule has 0 fully saturated rings. The number of benzene rings is 1. The first kappa shape index (κ1) is 15.8. The molecular formula is C16H22ClN3O. The third-order valence-corrected chi connectivity index (χ3v) is 3.50. The van der Waals surface area contributed by atoms with Gasteiger partial charge >= 0.3 is 0 Å². The van der Waals surface area contributed by atoms with Crippen LogP contribution in [0, 0.1) is 12.8 Å². The van der Waals surface area contributed by atoms with Crippen molar-refractivity contribution in [3.05, 3.63) is 29.6 Å². The smallest absolute Gasteiger partial charge is 0.240 e. The lowest BCUT2D eigenvalue weighted by molar-refractivity contribution is -0.121. The predicted octanol–water partition coefficient (Wildman–Crippen LogP) is 2.90. The molecule has 0 aliphatic carbocycles. The molecular weight excluding hydrogens is 286 g/mol. The van der Waals surface area contributed by atoms with Gasteiger partial charge in [0.25, 0.3) is 0 Å². The quantitative estimate of drug-likeness (QED) is 0.834. The molecule has 2 rings (SSSR count). The van der Waals surface area contributed by atoms with Crippen molar-refractivity contribution in [1.29, 1.82) is 0 Å². The molecule has 1 aromatic carbocycles. The highest BCUT2D eigenvalue weighted by Crippen LogP contribution is 2.18. The lowest BCUT2D eigenvalue weighted by atomic mass is 10.2. The van der Waals surface area contributed by atoms with Gasteiger partial charge in [-0.3, -0.25) is 4.79 Å². The lowest BCUT2D eigenvalue weighted by Gasteiger charge is -2.11. The molecule has 114 valence electrons. The van der Waals surface area contributed by atoms with Crippen LogP contribution in [0.25, 0.3) is 11.0 Å². The summed E-state index contributed by atoms with van der Waals surface area (Å²) in [4.78, 5) is 16.7. The van der Waals surface area contributed by atoms with Gasteiger partial charge in [-0.15, -0.1) is 11.6 Å². The number of halogens is 1. The van der Waals surface area contributed by atoms with Crippen molar-refractivity contribution in [2.75, 3.05) is 12.4 Å². The van der Waals surface area contributed by atoms with Crippen LogP contribution in [0.1, 0.15) is 25.2 Å². The van der Waals surface area contributed by atoms with E-state index in [0.29, 0.717) is 31.3 Å². The minimum Gasteiger partial charge on any atom is -0.354 e. The van der Waals surface area contributed by atoms with Crippen LogP contribution in [0.15, 0.2) is 18.2 Å². The molecule has 4 nitrogen and oxygen atoms in total. The van der Waals surface area contributed by atoms with E-state index in [1.165, 1.54) is 0 Å². The second-order valence-electron chi connectivity index (χ2n) is 5.74. The zero-order chi connectivity index (χ0) is 15.4. The standard InChI is InChI=1S/C16H22ClN3O/c1-11(2)9-18-16(21)10-20-14-8-12(3)4-5-13(14)19-15(20)6-7-17/h4-5,8,11H,6-7,9-10H2,1-3H3,(H,18,21). The van der Waals surface area contributed by atoms with E-state index in [9.17, 15) is 4.79 Å². The Morgan fingerprint density at radius 3 is 2.86 bits per heavy atom. The molecule has 1 amide bonds. The fraction of sp³-hybridized carbons (Fsp3) is 0.500. The number of alkyl halides is 1. The van der Waals surface area contributed by atoms with E-state index in [-0.39, 0.29) is 5.91 Å². The highest BCUT2D eigenvalue weighted by molar-refractivity contribution is 6.17. The van der Waals surface area contributed by atoms with Crippen LogP contribution >= 0.6 is 11.6 Å². The van der Waals surface area contributed by atoms with Crippen LogP contribution in [-0.2, 0) is 17.8 Å². The average molecular weight is 308 g/mol. The number of aryl methyl sites for hydroxylation is 2. The number of nitrogens with zero attached hydrogens (tertiary/aromatic N) is 2. The van der Waals surface area contributed by atoms with Crippen molar-refractivity contribution in [1.82, 2.24) is 14.9 Å². The van der Waals surface area contributed by atoms with Crippen LogP contribution < -0.4 is 5.32 Å². The summed E-state index contributed by atoms with van der Waals surface area (Å²) < 4.78 is 1.97. The van der Waals surface area contributed by atoms with E-state index < -0.39 is 0 Å². The fourth-order valence-electron chi connectivity index (χ4n) is 2.25. The molecule has 0 unspecified atom stereocenters. The third-order valence-electron chi connectivity index (χ3n) is 3.31. The normalized spacial score (nSPS) is 11.3. The summed E-state index contributed by atoms with van der Waals surface area (Å²) in [7, 11) is 0. The Hall–Kier alpha value is -1.55. The molecule has 0 saturated heterocycles. The van der Waals surface area contributed by atoms with E-state index in [1.54, 1.807) is 0 Å². The van der Waals surface area contributed by atoms with Crippen molar-refractivity contribution >= 4 is 28.5 Å². The van der Waals surface area contributed by atoms with E-state index in [2.05, 4.69) is 30.2 Å². The van der Waals surface area contributed by atoms with Crippen LogP contribution in [0.4, 0.5) is 0 Å². The number of hydrogen-bond donors (Lipinski definition) is 1. The van der Waals surface area contributed by atoms with Gasteiger partial charge < -0.3 is 9.88 Å². The average Bonchev–Trinajstić information content (AvgIpc) is 2.75. The Morgan fingerprint density at radius 2 is 2.19 bits per heavy atom. The molecule has 1 heterocycles. The van der Waals surface area contributed by atoms with Crippen LogP contribution in [0.2, 0.25) is 0 Å². The summed E-state index contributed by atoms with van der Waals surface area (Å²) in [6.07, 6.45) is 0.659. The number of nitrogens with one attached hydrogen (secondary N) is 1. The summed E-state index contributed by atoms with van der Waals surface area (Å²) >= 11 is 5.85. The number of carbonyl (C=O) groups is 1. The zero-order valence-electron chi connectivity index (χ0n) is 12.8. The molecule has 0 aliphatic heterocycles. The topological polar surface area (TPSA) is 46.9 Å². The maximum absolute atomic E-state index is 12.1. The summed E-state index contributed by atoms with van der Waals surface area (Å²) in [6.45, 7) is 7.18. The Kier molecular flexibility index (Phi) is 5.23. The fourth-order valence-corrected chi connectivity index (χ4v) is 2.42. The van der Waals surface area contributed by atoms with Crippen LogP contribution in [0.5, 0.6) is 0 Å². The van der Waals surface area contributed by atoms with Crippen molar-refractivity contribution in [3.8, 4) is 0 Å². The number of fused-ring (bicyclic) bond motifs is 1. The number of aromatic nitrogens is 2. The molecule has 0 bridgehead atoms. The Balaban J connectivity index is 2.29. The van der Waals surface area contributed by atoms with E-state index in [4.69, 9.17) is 11.6 Å². The first-order valence-electron chi connectivity index (χ1n) is 7.29. The maximum Gasteiger partial charge on any atom is 0.240 e. The first-order chi connectivity index (χ1) is 10.0. The number of hydrogen-bond acceptors (Lipinski definition) is 2. The molecule has 2 aromatic rings. The third kappa shape index (κ3) is 3.97. The summed E-state index contributed by atoms with van der Waals surface area (Å²) in [5.74, 6) is 1.82. The molecule has 0 spiro atoms. The summed E-state index contributed by atoms with van der Waals surface area (Å²) in [5.41, 5.74) is 3.07. The number of amides is 1. The molecule has 5 heteroatoms. The molecule has 21 heavy (non-hydrogen) atoms. The Labute approximate surface area is 130 Å². The number of imidazole rings is 1. The maximum atomic E-state index is 12.1. The molecule has 1 N–H and O–H groups in total. The van der Waals surface area contributed by atoms with Crippen LogP contribution in [-0.4, -0.2) is 27.9 Å². The van der Waals surface area contributed by atoms with Gasteiger partial charge in [-0.05, 0) is 30.5 Å². The molecule has 0 aliphatic rings. The zero-order valence-corrected chi connectivity index (χ0v) is 13.6. The van der Waals surface area contributed by atoms with Gasteiger partial charge in [-0.1, -0.05) is 19.9 Å².